The predicted molar refractivity (Wildman–Crippen MR) is 58.2 cm³/mol. The van der Waals surface area contributed by atoms with Crippen molar-refractivity contribution in [1.29, 1.82) is 5.26 Å². The molecule has 0 amide bonds. The molecular weight excluding hydrogens is 227 g/mol. The molecular formula is C11H11FN2O3. The fraction of sp³-hybridized carbons (Fsp3) is 0.364. The van der Waals surface area contributed by atoms with Crippen molar-refractivity contribution in [2.75, 3.05) is 6.61 Å². The van der Waals surface area contributed by atoms with Crippen molar-refractivity contribution in [2.24, 2.45) is 0 Å². The third-order valence-electron chi connectivity index (χ3n) is 2.10. The molecule has 0 aliphatic carbocycles. The highest BCUT2D eigenvalue weighted by atomic mass is 19.1. The zero-order valence-electron chi connectivity index (χ0n) is 9.27. The monoisotopic (exact) mass is 238 g/mol. The summed E-state index contributed by atoms with van der Waals surface area (Å²) in [6.07, 6.45) is 1.57. The fourth-order valence-electron chi connectivity index (χ4n) is 1.27. The first-order valence-electron chi connectivity index (χ1n) is 5.11. The number of hydrogen-bond donors (Lipinski definition) is 0. The molecule has 1 aromatic rings. The van der Waals surface area contributed by atoms with Gasteiger partial charge in [0.05, 0.1) is 17.6 Å². The molecule has 0 unspecified atom stereocenters. The highest BCUT2D eigenvalue weighted by Gasteiger charge is 2.21. The van der Waals surface area contributed by atoms with Gasteiger partial charge in [-0.3, -0.25) is 10.1 Å². The number of ether oxygens (including phenoxy) is 1. The van der Waals surface area contributed by atoms with Crippen molar-refractivity contribution in [3.63, 3.8) is 0 Å². The maximum atomic E-state index is 13.0. The van der Waals surface area contributed by atoms with Crippen LogP contribution in [-0.2, 0) is 0 Å². The Balaban J connectivity index is 3.14. The second kappa shape index (κ2) is 5.80. The number of benzene rings is 1. The third kappa shape index (κ3) is 3.14. The van der Waals surface area contributed by atoms with E-state index in [2.05, 4.69) is 0 Å². The number of rotatable bonds is 5. The van der Waals surface area contributed by atoms with Crippen LogP contribution in [0.3, 0.4) is 0 Å². The Morgan fingerprint density at radius 1 is 1.59 bits per heavy atom. The lowest BCUT2D eigenvalue weighted by atomic mass is 10.2. The summed E-state index contributed by atoms with van der Waals surface area (Å²) in [7, 11) is 0. The number of halogens is 1. The van der Waals surface area contributed by atoms with Gasteiger partial charge in [0.1, 0.15) is 17.4 Å². The van der Waals surface area contributed by atoms with Crippen LogP contribution in [0, 0.1) is 27.3 Å². The number of hydrogen-bond acceptors (Lipinski definition) is 4. The van der Waals surface area contributed by atoms with E-state index >= 15 is 0 Å². The molecule has 0 fully saturated rings. The van der Waals surface area contributed by atoms with Gasteiger partial charge in [-0.25, -0.2) is 4.39 Å². The molecule has 6 heteroatoms. The molecule has 0 saturated carbocycles. The van der Waals surface area contributed by atoms with E-state index in [1.807, 2.05) is 6.92 Å². The predicted octanol–water partition coefficient (Wildman–Crippen LogP) is 2.78. The van der Waals surface area contributed by atoms with E-state index in [0.29, 0.717) is 6.42 Å². The SMILES string of the molecule is CCCCOc1c(C#N)cc(F)cc1[N+](=O)[O-]. The average Bonchev–Trinajstić information content (AvgIpc) is 2.30. The summed E-state index contributed by atoms with van der Waals surface area (Å²) in [5.74, 6) is -0.983. The maximum Gasteiger partial charge on any atom is 0.315 e. The second-order valence-electron chi connectivity index (χ2n) is 3.37. The first-order chi connectivity index (χ1) is 8.10. The van der Waals surface area contributed by atoms with Crippen LogP contribution < -0.4 is 4.74 Å². The number of unbranched alkanes of at least 4 members (excludes halogenated alkanes) is 1. The molecule has 1 rings (SSSR count). The summed E-state index contributed by atoms with van der Waals surface area (Å²) < 4.78 is 18.2. The van der Waals surface area contributed by atoms with E-state index in [9.17, 15) is 14.5 Å². The van der Waals surface area contributed by atoms with E-state index in [0.717, 1.165) is 18.6 Å². The van der Waals surface area contributed by atoms with Gasteiger partial charge in [-0.2, -0.15) is 5.26 Å². The van der Waals surface area contributed by atoms with Crippen LogP contribution in [0.5, 0.6) is 5.75 Å². The summed E-state index contributed by atoms with van der Waals surface area (Å²) in [5.41, 5.74) is -0.676. The van der Waals surface area contributed by atoms with Crippen LogP contribution in [-0.4, -0.2) is 11.5 Å². The fourth-order valence-corrected chi connectivity index (χ4v) is 1.27. The van der Waals surface area contributed by atoms with Crippen LogP contribution in [0.15, 0.2) is 12.1 Å². The van der Waals surface area contributed by atoms with Gasteiger partial charge in [0, 0.05) is 0 Å². The number of nitriles is 1. The van der Waals surface area contributed by atoms with Crippen molar-refractivity contribution >= 4 is 5.69 Å². The van der Waals surface area contributed by atoms with Crippen LogP contribution in [0.2, 0.25) is 0 Å². The standard InChI is InChI=1S/C11H11FN2O3/c1-2-3-4-17-11-8(7-13)5-9(12)6-10(11)14(15)16/h5-6H,2-4H2,1H3. The van der Waals surface area contributed by atoms with E-state index < -0.39 is 16.4 Å². The maximum absolute atomic E-state index is 13.0. The van der Waals surface area contributed by atoms with Gasteiger partial charge in [0.2, 0.25) is 5.75 Å². The molecule has 0 bridgehead atoms. The number of nitro groups is 1. The Labute approximate surface area is 97.6 Å². The smallest absolute Gasteiger partial charge is 0.315 e. The minimum absolute atomic E-state index is 0.159. The van der Waals surface area contributed by atoms with E-state index in [1.165, 1.54) is 0 Å². The molecule has 0 aromatic heterocycles. The normalized spacial score (nSPS) is 9.71. The zero-order valence-corrected chi connectivity index (χ0v) is 9.27. The van der Waals surface area contributed by atoms with Gasteiger partial charge < -0.3 is 4.74 Å². The Bertz CT molecular complexity index is 469. The van der Waals surface area contributed by atoms with Gasteiger partial charge in [0.25, 0.3) is 0 Å². The molecule has 0 atom stereocenters. The van der Waals surface area contributed by atoms with Crippen molar-refractivity contribution < 1.29 is 14.1 Å². The van der Waals surface area contributed by atoms with Gasteiger partial charge >= 0.3 is 5.69 Å². The molecule has 0 aliphatic heterocycles. The lowest BCUT2D eigenvalue weighted by Gasteiger charge is -2.07. The molecule has 5 nitrogen and oxygen atoms in total. The topological polar surface area (TPSA) is 76.2 Å². The van der Waals surface area contributed by atoms with E-state index in [1.54, 1.807) is 6.07 Å². The minimum atomic E-state index is -0.823. The Morgan fingerprint density at radius 3 is 2.82 bits per heavy atom. The molecule has 0 N–H and O–H groups in total. The Morgan fingerprint density at radius 2 is 2.29 bits per heavy atom. The lowest BCUT2D eigenvalue weighted by molar-refractivity contribution is -0.386. The molecule has 0 heterocycles. The number of nitrogens with zero attached hydrogens (tertiary/aromatic N) is 2. The Kier molecular flexibility index (Phi) is 4.40. The largest absolute Gasteiger partial charge is 0.486 e. The average molecular weight is 238 g/mol. The van der Waals surface area contributed by atoms with Crippen molar-refractivity contribution in [3.8, 4) is 11.8 Å². The van der Waals surface area contributed by atoms with Gasteiger partial charge in [-0.15, -0.1) is 0 Å². The van der Waals surface area contributed by atoms with E-state index in [-0.39, 0.29) is 17.9 Å². The molecule has 1 aromatic carbocycles. The molecule has 0 aliphatic rings. The zero-order chi connectivity index (χ0) is 12.8. The van der Waals surface area contributed by atoms with Crippen LogP contribution in [0.4, 0.5) is 10.1 Å². The van der Waals surface area contributed by atoms with Crippen LogP contribution in [0.1, 0.15) is 25.3 Å². The van der Waals surface area contributed by atoms with Crippen LogP contribution >= 0.6 is 0 Å². The summed E-state index contributed by atoms with van der Waals surface area (Å²) >= 11 is 0. The molecule has 90 valence electrons. The number of nitro benzene ring substituents is 1. The second-order valence-corrected chi connectivity index (χ2v) is 3.37. The summed E-state index contributed by atoms with van der Waals surface area (Å²) in [5, 5.41) is 19.5. The highest BCUT2D eigenvalue weighted by Crippen LogP contribution is 2.31. The first-order valence-corrected chi connectivity index (χ1v) is 5.11. The minimum Gasteiger partial charge on any atom is -0.486 e. The molecule has 0 saturated heterocycles. The van der Waals surface area contributed by atoms with Gasteiger partial charge in [0.15, 0.2) is 0 Å². The first kappa shape index (κ1) is 12.9. The van der Waals surface area contributed by atoms with Gasteiger partial charge in [-0.1, -0.05) is 13.3 Å². The van der Waals surface area contributed by atoms with Crippen molar-refractivity contribution in [1.82, 2.24) is 0 Å². The summed E-state index contributed by atoms with van der Waals surface area (Å²) in [6.45, 7) is 2.20. The Hall–Kier alpha value is -2.16. The third-order valence-corrected chi connectivity index (χ3v) is 2.10. The van der Waals surface area contributed by atoms with Crippen molar-refractivity contribution in [3.05, 3.63) is 33.6 Å². The molecule has 0 spiro atoms. The summed E-state index contributed by atoms with van der Waals surface area (Å²) in [6, 6.07) is 3.37. The molecule has 17 heavy (non-hydrogen) atoms. The van der Waals surface area contributed by atoms with Gasteiger partial charge in [-0.05, 0) is 12.5 Å². The van der Waals surface area contributed by atoms with Crippen molar-refractivity contribution in [2.45, 2.75) is 19.8 Å². The summed E-state index contributed by atoms with van der Waals surface area (Å²) in [4.78, 5) is 9.97. The quantitative estimate of drug-likeness (QED) is 0.449. The van der Waals surface area contributed by atoms with E-state index in [4.69, 9.17) is 10.00 Å². The lowest BCUT2D eigenvalue weighted by Crippen LogP contribution is -2.03. The molecule has 0 radical (unpaired) electrons. The highest BCUT2D eigenvalue weighted by molar-refractivity contribution is 5.56. The van der Waals surface area contributed by atoms with Crippen LogP contribution in [0.25, 0.3) is 0 Å².